The number of hydrogen-bond donors (Lipinski definition) is 2. The summed E-state index contributed by atoms with van der Waals surface area (Å²) in [6.45, 7) is 0. The SMILES string of the molecule is CS(C)(=O)=Nc1ccc(-c2nc3c(-c4noc(=O)[nH]4)c[nH]c3cc2F)cc1. The van der Waals surface area contributed by atoms with Gasteiger partial charge in [-0.05, 0) is 12.1 Å². The maximum atomic E-state index is 14.5. The van der Waals surface area contributed by atoms with Gasteiger partial charge in [0.25, 0.3) is 0 Å². The third-order valence-electron chi connectivity index (χ3n) is 3.76. The number of H-pyrrole nitrogens is 2. The van der Waals surface area contributed by atoms with Crippen LogP contribution >= 0.6 is 0 Å². The summed E-state index contributed by atoms with van der Waals surface area (Å²) >= 11 is 0. The number of nitrogens with one attached hydrogen (secondary N) is 2. The highest BCUT2D eigenvalue weighted by Crippen LogP contribution is 2.30. The van der Waals surface area contributed by atoms with Gasteiger partial charge in [0.05, 0.1) is 22.3 Å². The lowest BCUT2D eigenvalue weighted by atomic mass is 10.1. The molecule has 2 N–H and O–H groups in total. The predicted octanol–water partition coefficient (Wildman–Crippen LogP) is 3.07. The monoisotopic (exact) mass is 387 g/mol. The first-order valence-electron chi connectivity index (χ1n) is 7.82. The average Bonchev–Trinajstić information content (AvgIpc) is 3.19. The highest BCUT2D eigenvalue weighted by atomic mass is 32.2. The molecule has 8 nitrogen and oxygen atoms in total. The van der Waals surface area contributed by atoms with Crippen LogP contribution in [-0.4, -0.2) is 36.8 Å². The molecule has 0 unspecified atom stereocenters. The number of rotatable bonds is 3. The standard InChI is InChI=1S/C17H14FN5O3S/c1-27(2,25)23-10-5-3-9(4-6-10)14-12(18)7-13-15(20-14)11(8-19-13)16-21-17(24)26-22-16/h3-8,19H,1-2H3,(H,21,22,24). The lowest BCUT2D eigenvalue weighted by Crippen LogP contribution is -1.95. The van der Waals surface area contributed by atoms with Gasteiger partial charge < -0.3 is 4.98 Å². The first-order chi connectivity index (χ1) is 12.8. The zero-order valence-electron chi connectivity index (χ0n) is 14.3. The van der Waals surface area contributed by atoms with E-state index in [9.17, 15) is 13.4 Å². The van der Waals surface area contributed by atoms with Gasteiger partial charge in [0.15, 0.2) is 11.6 Å². The second-order valence-electron chi connectivity index (χ2n) is 6.18. The van der Waals surface area contributed by atoms with Gasteiger partial charge in [-0.1, -0.05) is 17.3 Å². The Morgan fingerprint density at radius 2 is 1.96 bits per heavy atom. The van der Waals surface area contributed by atoms with Gasteiger partial charge >= 0.3 is 5.76 Å². The van der Waals surface area contributed by atoms with Gasteiger partial charge in [-0.15, -0.1) is 0 Å². The summed E-state index contributed by atoms with van der Waals surface area (Å²) in [7, 11) is -2.28. The van der Waals surface area contributed by atoms with Gasteiger partial charge in [0.1, 0.15) is 5.69 Å². The molecule has 0 aliphatic heterocycles. The molecule has 3 heterocycles. The minimum atomic E-state index is -2.28. The van der Waals surface area contributed by atoms with E-state index in [-0.39, 0.29) is 11.5 Å². The molecule has 0 bridgehead atoms. The van der Waals surface area contributed by atoms with Crippen LogP contribution in [0.2, 0.25) is 0 Å². The minimum Gasteiger partial charge on any atom is -0.359 e. The van der Waals surface area contributed by atoms with E-state index in [4.69, 9.17) is 0 Å². The fraction of sp³-hybridized carbons (Fsp3) is 0.118. The molecule has 0 aliphatic carbocycles. The fourth-order valence-electron chi connectivity index (χ4n) is 2.69. The van der Waals surface area contributed by atoms with Crippen molar-refractivity contribution in [3.8, 4) is 22.6 Å². The second-order valence-corrected chi connectivity index (χ2v) is 8.73. The molecular weight excluding hydrogens is 373 g/mol. The Labute approximate surface area is 152 Å². The van der Waals surface area contributed by atoms with Gasteiger partial charge in [0, 0.05) is 40.1 Å². The third kappa shape index (κ3) is 3.38. The maximum absolute atomic E-state index is 14.5. The molecule has 0 fully saturated rings. The van der Waals surface area contributed by atoms with E-state index in [2.05, 4.69) is 29.0 Å². The van der Waals surface area contributed by atoms with Crippen LogP contribution in [-0.2, 0) is 9.73 Å². The van der Waals surface area contributed by atoms with Crippen molar-refractivity contribution >= 4 is 26.4 Å². The Bertz CT molecular complexity index is 1320. The quantitative estimate of drug-likeness (QED) is 0.560. The Kier molecular flexibility index (Phi) is 3.92. The number of halogens is 1. The van der Waals surface area contributed by atoms with Crippen molar-refractivity contribution in [1.29, 1.82) is 0 Å². The van der Waals surface area contributed by atoms with E-state index in [1.54, 1.807) is 30.5 Å². The van der Waals surface area contributed by atoms with Crippen LogP contribution in [0, 0.1) is 5.82 Å². The van der Waals surface area contributed by atoms with E-state index in [1.807, 2.05) is 0 Å². The Hall–Kier alpha value is -3.27. The molecular formula is C17H14FN5O3S. The van der Waals surface area contributed by atoms with Crippen LogP contribution in [0.1, 0.15) is 0 Å². The van der Waals surface area contributed by atoms with Crippen LogP contribution in [0.3, 0.4) is 0 Å². The summed E-state index contributed by atoms with van der Waals surface area (Å²) in [5, 5.41) is 3.64. The molecule has 0 aliphatic rings. The number of aromatic nitrogens is 4. The molecule has 0 saturated heterocycles. The molecule has 0 amide bonds. The van der Waals surface area contributed by atoms with E-state index in [1.165, 1.54) is 18.6 Å². The molecule has 4 aromatic rings. The highest BCUT2D eigenvalue weighted by molar-refractivity contribution is 7.92. The van der Waals surface area contributed by atoms with Crippen molar-refractivity contribution < 1.29 is 13.1 Å². The zero-order valence-corrected chi connectivity index (χ0v) is 15.1. The van der Waals surface area contributed by atoms with Crippen molar-refractivity contribution in [2.75, 3.05) is 12.5 Å². The lowest BCUT2D eigenvalue weighted by Gasteiger charge is -2.05. The molecule has 138 valence electrons. The first kappa shape index (κ1) is 17.2. The van der Waals surface area contributed by atoms with Crippen LogP contribution in [0.25, 0.3) is 33.7 Å². The summed E-state index contributed by atoms with van der Waals surface area (Å²) in [6, 6.07) is 7.95. The van der Waals surface area contributed by atoms with Crippen LogP contribution in [0.4, 0.5) is 10.1 Å². The molecule has 0 saturated carbocycles. The number of pyridine rings is 1. The molecule has 10 heteroatoms. The van der Waals surface area contributed by atoms with Gasteiger partial charge in [-0.3, -0.25) is 9.51 Å². The fourth-order valence-corrected chi connectivity index (χ4v) is 3.31. The number of hydrogen-bond acceptors (Lipinski definition) is 6. The van der Waals surface area contributed by atoms with Crippen molar-refractivity contribution in [1.82, 2.24) is 20.1 Å². The molecule has 1 aromatic carbocycles. The van der Waals surface area contributed by atoms with Crippen molar-refractivity contribution in [2.24, 2.45) is 4.36 Å². The van der Waals surface area contributed by atoms with Crippen LogP contribution in [0.5, 0.6) is 0 Å². The maximum Gasteiger partial charge on any atom is 0.439 e. The largest absolute Gasteiger partial charge is 0.439 e. The highest BCUT2D eigenvalue weighted by Gasteiger charge is 2.16. The van der Waals surface area contributed by atoms with Gasteiger partial charge in [-0.25, -0.2) is 18.4 Å². The van der Waals surface area contributed by atoms with Gasteiger partial charge in [-0.2, -0.15) is 4.36 Å². The summed E-state index contributed by atoms with van der Waals surface area (Å²) in [6.07, 6.45) is 4.64. The number of nitrogens with zero attached hydrogens (tertiary/aromatic N) is 3. The van der Waals surface area contributed by atoms with E-state index < -0.39 is 21.3 Å². The molecule has 4 rings (SSSR count). The minimum absolute atomic E-state index is 0.134. The van der Waals surface area contributed by atoms with Crippen molar-refractivity contribution in [3.05, 3.63) is 52.9 Å². The van der Waals surface area contributed by atoms with Crippen molar-refractivity contribution in [2.45, 2.75) is 0 Å². The molecule has 0 spiro atoms. The van der Waals surface area contributed by atoms with Crippen LogP contribution in [0.15, 0.2) is 50.2 Å². The Morgan fingerprint density at radius 1 is 1.22 bits per heavy atom. The van der Waals surface area contributed by atoms with Crippen LogP contribution < -0.4 is 5.76 Å². The normalized spacial score (nSPS) is 11.8. The summed E-state index contributed by atoms with van der Waals surface area (Å²) in [5.74, 6) is -1.00. The number of benzene rings is 1. The third-order valence-corrected chi connectivity index (χ3v) is 4.42. The molecule has 27 heavy (non-hydrogen) atoms. The number of aromatic amines is 2. The van der Waals surface area contributed by atoms with E-state index >= 15 is 0 Å². The number of fused-ring (bicyclic) bond motifs is 1. The Morgan fingerprint density at radius 3 is 2.59 bits per heavy atom. The first-order valence-corrected chi connectivity index (χ1v) is 10.1. The average molecular weight is 387 g/mol. The summed E-state index contributed by atoms with van der Waals surface area (Å²) < 4.78 is 34.9. The van der Waals surface area contributed by atoms with E-state index in [0.29, 0.717) is 27.8 Å². The topological polar surface area (TPSA) is 117 Å². The second kappa shape index (κ2) is 6.16. The van der Waals surface area contributed by atoms with E-state index in [0.717, 1.165) is 0 Å². The van der Waals surface area contributed by atoms with Crippen molar-refractivity contribution in [3.63, 3.8) is 0 Å². The predicted molar refractivity (Wildman–Crippen MR) is 99.7 cm³/mol. The Balaban J connectivity index is 1.83. The summed E-state index contributed by atoms with van der Waals surface area (Å²) in [4.78, 5) is 20.9. The zero-order chi connectivity index (χ0) is 19.2. The lowest BCUT2D eigenvalue weighted by molar-refractivity contribution is 0.388. The van der Waals surface area contributed by atoms with Gasteiger partial charge in [0.2, 0.25) is 0 Å². The molecule has 0 radical (unpaired) electrons. The molecule has 3 aromatic heterocycles. The molecule has 0 atom stereocenters. The smallest absolute Gasteiger partial charge is 0.359 e. The summed E-state index contributed by atoms with van der Waals surface area (Å²) in [5.41, 5.74) is 2.59.